The van der Waals surface area contributed by atoms with Crippen molar-refractivity contribution in [3.8, 4) is 5.75 Å². The van der Waals surface area contributed by atoms with E-state index in [1.807, 2.05) is 21.0 Å². The van der Waals surface area contributed by atoms with Gasteiger partial charge in [-0.25, -0.2) is 0 Å². The van der Waals surface area contributed by atoms with E-state index in [1.54, 1.807) is 0 Å². The Kier molecular flexibility index (Phi) is 5.05. The van der Waals surface area contributed by atoms with E-state index in [4.69, 9.17) is 0 Å². The minimum absolute atomic E-state index is 0.480. The number of phenolic OH excluding ortho intramolecular Hbond substituents is 1. The number of hydrogen-bond acceptors (Lipinski definition) is 2. The second kappa shape index (κ2) is 5.87. The van der Waals surface area contributed by atoms with Gasteiger partial charge in [-0.1, -0.05) is 6.92 Å². The van der Waals surface area contributed by atoms with Gasteiger partial charge in [0, 0.05) is 0 Å². The van der Waals surface area contributed by atoms with Gasteiger partial charge in [-0.05, 0) is 85.1 Å². The minimum Gasteiger partial charge on any atom is -0.507 e. The van der Waals surface area contributed by atoms with E-state index in [9.17, 15) is 5.11 Å². The van der Waals surface area contributed by atoms with Crippen LogP contribution in [-0.4, -0.2) is 19.2 Å². The number of benzene rings is 1. The summed E-state index contributed by atoms with van der Waals surface area (Å²) in [6.07, 6.45) is 2.36. The summed E-state index contributed by atoms with van der Waals surface area (Å²) < 4.78 is 0.989. The predicted molar refractivity (Wildman–Crippen MR) is 77.3 cm³/mol. The molecular formula is C13H20INO. The highest BCUT2D eigenvalue weighted by molar-refractivity contribution is 14.1. The molecule has 0 amide bonds. The molecule has 1 unspecified atom stereocenters. The second-order valence-corrected chi connectivity index (χ2v) is 5.50. The number of nitrogens with one attached hydrogen (secondary N) is 1. The maximum absolute atomic E-state index is 9.75. The third kappa shape index (κ3) is 2.69. The standard InChI is InChI=1S/C11H13IO.C2H7N/c1-6-3-4-8-7(2)11(13)10(12)5-9(6)8;1-3-2/h5-6,13H,3-4H2,1-2H3;3H,1-2H3. The highest BCUT2D eigenvalue weighted by Gasteiger charge is 2.22. The normalized spacial score (nSPS) is 17.7. The molecule has 1 atom stereocenters. The summed E-state index contributed by atoms with van der Waals surface area (Å²) in [6.45, 7) is 4.28. The van der Waals surface area contributed by atoms with Crippen molar-refractivity contribution in [3.05, 3.63) is 26.3 Å². The number of fused-ring (bicyclic) bond motifs is 1. The van der Waals surface area contributed by atoms with E-state index in [1.165, 1.54) is 17.5 Å². The molecule has 90 valence electrons. The molecule has 0 saturated heterocycles. The van der Waals surface area contributed by atoms with Gasteiger partial charge >= 0.3 is 0 Å². The van der Waals surface area contributed by atoms with Crippen LogP contribution < -0.4 is 5.32 Å². The first kappa shape index (κ1) is 13.8. The molecule has 0 saturated carbocycles. The third-order valence-corrected chi connectivity index (χ3v) is 3.85. The summed E-state index contributed by atoms with van der Waals surface area (Å²) in [5, 5.41) is 12.5. The van der Waals surface area contributed by atoms with Gasteiger partial charge in [-0.3, -0.25) is 0 Å². The molecule has 1 aliphatic carbocycles. The van der Waals surface area contributed by atoms with Crippen LogP contribution in [0.5, 0.6) is 5.75 Å². The number of phenols is 1. The molecule has 2 N–H and O–H groups in total. The maximum atomic E-state index is 9.75. The van der Waals surface area contributed by atoms with Gasteiger partial charge in [0.25, 0.3) is 0 Å². The lowest BCUT2D eigenvalue weighted by atomic mass is 10.00. The van der Waals surface area contributed by atoms with Crippen LogP contribution in [0.1, 0.15) is 36.0 Å². The van der Waals surface area contributed by atoms with Crippen molar-refractivity contribution in [2.75, 3.05) is 14.1 Å². The Morgan fingerprint density at radius 2 is 2.00 bits per heavy atom. The monoisotopic (exact) mass is 333 g/mol. The summed E-state index contributed by atoms with van der Waals surface area (Å²) in [5.41, 5.74) is 3.91. The van der Waals surface area contributed by atoms with E-state index in [0.29, 0.717) is 11.7 Å². The fraction of sp³-hybridized carbons (Fsp3) is 0.538. The van der Waals surface area contributed by atoms with Crippen molar-refractivity contribution in [1.82, 2.24) is 5.32 Å². The van der Waals surface area contributed by atoms with Crippen LogP contribution in [0.4, 0.5) is 0 Å². The first-order chi connectivity index (χ1) is 7.52. The van der Waals surface area contributed by atoms with Crippen LogP contribution in [-0.2, 0) is 6.42 Å². The fourth-order valence-electron chi connectivity index (χ4n) is 2.12. The van der Waals surface area contributed by atoms with Gasteiger partial charge in [0.05, 0.1) is 3.57 Å². The smallest absolute Gasteiger partial charge is 0.132 e. The van der Waals surface area contributed by atoms with Gasteiger partial charge < -0.3 is 10.4 Å². The van der Waals surface area contributed by atoms with Gasteiger partial charge in [-0.2, -0.15) is 0 Å². The summed E-state index contributed by atoms with van der Waals surface area (Å²) in [4.78, 5) is 0. The lowest BCUT2D eigenvalue weighted by Crippen LogP contribution is -1.92. The van der Waals surface area contributed by atoms with E-state index in [2.05, 4.69) is 40.9 Å². The summed E-state index contributed by atoms with van der Waals surface area (Å²) >= 11 is 2.20. The number of hydrogen-bond donors (Lipinski definition) is 2. The van der Waals surface area contributed by atoms with Crippen molar-refractivity contribution in [3.63, 3.8) is 0 Å². The molecule has 16 heavy (non-hydrogen) atoms. The molecule has 1 aromatic carbocycles. The Morgan fingerprint density at radius 1 is 1.44 bits per heavy atom. The first-order valence-electron chi connectivity index (χ1n) is 5.62. The molecule has 0 aliphatic heterocycles. The van der Waals surface area contributed by atoms with Gasteiger partial charge in [0.2, 0.25) is 0 Å². The zero-order chi connectivity index (χ0) is 12.3. The van der Waals surface area contributed by atoms with E-state index in [0.717, 1.165) is 15.6 Å². The summed E-state index contributed by atoms with van der Waals surface area (Å²) in [6, 6.07) is 2.13. The highest BCUT2D eigenvalue weighted by Crippen LogP contribution is 2.39. The van der Waals surface area contributed by atoms with E-state index in [-0.39, 0.29) is 0 Å². The molecule has 0 radical (unpaired) electrons. The van der Waals surface area contributed by atoms with Gasteiger partial charge in [0.15, 0.2) is 0 Å². The Labute approximate surface area is 112 Å². The molecule has 2 nitrogen and oxygen atoms in total. The minimum atomic E-state index is 0.480. The predicted octanol–water partition coefficient (Wildman–Crippen LogP) is 3.19. The van der Waals surface area contributed by atoms with Crippen LogP contribution in [0.3, 0.4) is 0 Å². The molecule has 1 aliphatic rings. The Morgan fingerprint density at radius 3 is 2.56 bits per heavy atom. The Balaban J connectivity index is 0.000000386. The van der Waals surface area contributed by atoms with Crippen LogP contribution in [0.2, 0.25) is 0 Å². The molecule has 3 heteroatoms. The lowest BCUT2D eigenvalue weighted by Gasteiger charge is -2.10. The van der Waals surface area contributed by atoms with Crippen molar-refractivity contribution in [2.45, 2.75) is 32.6 Å². The number of halogens is 1. The number of rotatable bonds is 0. The Bertz CT molecular complexity index is 377. The molecule has 2 rings (SSSR count). The molecule has 0 bridgehead atoms. The topological polar surface area (TPSA) is 32.3 Å². The zero-order valence-electron chi connectivity index (χ0n) is 10.4. The summed E-state index contributed by atoms with van der Waals surface area (Å²) in [7, 11) is 3.75. The fourth-order valence-corrected chi connectivity index (χ4v) is 2.86. The average molecular weight is 333 g/mol. The maximum Gasteiger partial charge on any atom is 0.132 e. The molecule has 1 aromatic rings. The van der Waals surface area contributed by atoms with Crippen molar-refractivity contribution < 1.29 is 5.11 Å². The average Bonchev–Trinajstić information content (AvgIpc) is 2.59. The molecule has 0 fully saturated rings. The van der Waals surface area contributed by atoms with E-state index < -0.39 is 0 Å². The second-order valence-electron chi connectivity index (χ2n) is 4.34. The molecular weight excluding hydrogens is 313 g/mol. The SMILES string of the molecule is CNC.Cc1c(O)c(I)cc2c1CCC2C. The van der Waals surface area contributed by atoms with Crippen LogP contribution >= 0.6 is 22.6 Å². The van der Waals surface area contributed by atoms with E-state index >= 15 is 0 Å². The number of aromatic hydroxyl groups is 1. The summed E-state index contributed by atoms with van der Waals surface area (Å²) in [5.74, 6) is 1.15. The Hall–Kier alpha value is -0.290. The largest absolute Gasteiger partial charge is 0.507 e. The molecule has 0 heterocycles. The first-order valence-corrected chi connectivity index (χ1v) is 6.70. The van der Waals surface area contributed by atoms with Gasteiger partial charge in [-0.15, -0.1) is 0 Å². The van der Waals surface area contributed by atoms with Crippen molar-refractivity contribution >= 4 is 22.6 Å². The van der Waals surface area contributed by atoms with Crippen LogP contribution in [0, 0.1) is 10.5 Å². The molecule has 0 spiro atoms. The quantitative estimate of drug-likeness (QED) is 0.715. The lowest BCUT2D eigenvalue weighted by molar-refractivity contribution is 0.466. The highest BCUT2D eigenvalue weighted by atomic mass is 127. The van der Waals surface area contributed by atoms with Crippen LogP contribution in [0.15, 0.2) is 6.07 Å². The van der Waals surface area contributed by atoms with Gasteiger partial charge in [0.1, 0.15) is 5.75 Å². The zero-order valence-corrected chi connectivity index (χ0v) is 12.6. The van der Waals surface area contributed by atoms with Crippen molar-refractivity contribution in [2.24, 2.45) is 0 Å². The van der Waals surface area contributed by atoms with Crippen LogP contribution in [0.25, 0.3) is 0 Å². The molecule has 0 aromatic heterocycles. The third-order valence-electron chi connectivity index (χ3n) is 3.02. The van der Waals surface area contributed by atoms with Crippen molar-refractivity contribution in [1.29, 1.82) is 0 Å².